The third kappa shape index (κ3) is 6.30. The predicted octanol–water partition coefficient (Wildman–Crippen LogP) is 2.71. The molecule has 0 saturated heterocycles. The molecule has 0 bridgehead atoms. The molecule has 0 atom stereocenters. The maximum absolute atomic E-state index is 12.6. The largest absolute Gasteiger partial charge is 0.462 e. The number of ether oxygens (including phenoxy) is 1. The van der Waals surface area contributed by atoms with E-state index in [-0.39, 0.29) is 5.82 Å². The van der Waals surface area contributed by atoms with E-state index in [1.165, 1.54) is 18.2 Å². The molecular formula is C13H16FNO2S. The highest BCUT2D eigenvalue weighted by atomic mass is 32.2. The van der Waals surface area contributed by atoms with Crippen LogP contribution in [0.25, 0.3) is 0 Å². The summed E-state index contributed by atoms with van der Waals surface area (Å²) in [6, 6.07) is 6.31. The van der Waals surface area contributed by atoms with Gasteiger partial charge in [0.1, 0.15) is 5.82 Å². The number of thioether (sulfide) groups is 1. The van der Waals surface area contributed by atoms with E-state index in [2.05, 4.69) is 0 Å². The lowest BCUT2D eigenvalue weighted by atomic mass is 10.4. The van der Waals surface area contributed by atoms with Gasteiger partial charge in [0.2, 0.25) is 0 Å². The van der Waals surface area contributed by atoms with E-state index in [1.807, 2.05) is 0 Å². The Kier molecular flexibility index (Phi) is 6.28. The van der Waals surface area contributed by atoms with Crippen LogP contribution in [0, 0.1) is 5.82 Å². The Morgan fingerprint density at radius 1 is 1.44 bits per heavy atom. The SMILES string of the molecule is CC(N)=CC(=O)OCCCSc1ccc(F)cc1. The summed E-state index contributed by atoms with van der Waals surface area (Å²) in [7, 11) is 0. The number of hydrogen-bond acceptors (Lipinski definition) is 4. The average Bonchev–Trinajstić information content (AvgIpc) is 2.30. The Morgan fingerprint density at radius 3 is 2.72 bits per heavy atom. The second kappa shape index (κ2) is 7.76. The Hall–Kier alpha value is -1.49. The fraction of sp³-hybridized carbons (Fsp3) is 0.308. The van der Waals surface area contributed by atoms with Gasteiger partial charge in [0.05, 0.1) is 6.61 Å². The number of hydrogen-bond donors (Lipinski definition) is 1. The van der Waals surface area contributed by atoms with Gasteiger partial charge in [0, 0.05) is 22.4 Å². The van der Waals surface area contributed by atoms with Crippen LogP contribution in [0.5, 0.6) is 0 Å². The van der Waals surface area contributed by atoms with Crippen LogP contribution < -0.4 is 5.73 Å². The molecule has 0 fully saturated rings. The summed E-state index contributed by atoms with van der Waals surface area (Å²) in [6.45, 7) is 1.99. The molecule has 1 aromatic carbocycles. The van der Waals surface area contributed by atoms with Crippen molar-refractivity contribution in [2.45, 2.75) is 18.2 Å². The van der Waals surface area contributed by atoms with Gasteiger partial charge in [-0.15, -0.1) is 11.8 Å². The second-order valence-electron chi connectivity index (χ2n) is 3.71. The van der Waals surface area contributed by atoms with Gasteiger partial charge in [0.25, 0.3) is 0 Å². The molecule has 0 aromatic heterocycles. The van der Waals surface area contributed by atoms with Crippen LogP contribution in [0.3, 0.4) is 0 Å². The highest BCUT2D eigenvalue weighted by Gasteiger charge is 1.99. The molecule has 0 aliphatic heterocycles. The van der Waals surface area contributed by atoms with Crippen molar-refractivity contribution in [3.05, 3.63) is 41.9 Å². The first-order valence-corrected chi connectivity index (χ1v) is 6.55. The van der Waals surface area contributed by atoms with Crippen molar-refractivity contribution < 1.29 is 13.9 Å². The summed E-state index contributed by atoms with van der Waals surface area (Å²) in [4.78, 5) is 12.1. The molecule has 0 heterocycles. The van der Waals surface area contributed by atoms with Crippen LogP contribution in [0.1, 0.15) is 13.3 Å². The minimum Gasteiger partial charge on any atom is -0.462 e. The Morgan fingerprint density at radius 2 is 2.11 bits per heavy atom. The highest BCUT2D eigenvalue weighted by Crippen LogP contribution is 2.18. The molecule has 0 unspecified atom stereocenters. The number of carbonyl (C=O) groups is 1. The molecule has 5 heteroatoms. The van der Waals surface area contributed by atoms with Gasteiger partial charge in [-0.1, -0.05) is 0 Å². The van der Waals surface area contributed by atoms with E-state index in [1.54, 1.807) is 30.8 Å². The maximum Gasteiger partial charge on any atom is 0.332 e. The molecule has 0 spiro atoms. The van der Waals surface area contributed by atoms with E-state index in [0.717, 1.165) is 17.1 Å². The van der Waals surface area contributed by atoms with E-state index >= 15 is 0 Å². The summed E-state index contributed by atoms with van der Waals surface area (Å²) >= 11 is 1.60. The van der Waals surface area contributed by atoms with Crippen molar-refractivity contribution >= 4 is 17.7 Å². The van der Waals surface area contributed by atoms with Crippen molar-refractivity contribution in [1.29, 1.82) is 0 Å². The van der Waals surface area contributed by atoms with Gasteiger partial charge >= 0.3 is 5.97 Å². The standard InChI is InChI=1S/C13H16FNO2S/c1-10(15)9-13(16)17-7-2-8-18-12-5-3-11(14)4-6-12/h3-6,9H,2,7-8,15H2,1H3. The van der Waals surface area contributed by atoms with Crippen LogP contribution in [-0.2, 0) is 9.53 Å². The van der Waals surface area contributed by atoms with Gasteiger partial charge in [-0.2, -0.15) is 0 Å². The number of benzene rings is 1. The number of halogens is 1. The molecule has 1 rings (SSSR count). The molecule has 2 N–H and O–H groups in total. The van der Waals surface area contributed by atoms with Gasteiger partial charge in [-0.3, -0.25) is 0 Å². The Balaban J connectivity index is 2.14. The summed E-state index contributed by atoms with van der Waals surface area (Å²) in [6.07, 6.45) is 2.00. The van der Waals surface area contributed by atoms with Crippen LogP contribution in [0.2, 0.25) is 0 Å². The lowest BCUT2D eigenvalue weighted by Crippen LogP contribution is -2.06. The summed E-state index contributed by atoms with van der Waals surface area (Å²) in [5.74, 6) is 0.156. The number of rotatable bonds is 6. The first-order valence-electron chi connectivity index (χ1n) is 5.57. The first-order chi connectivity index (χ1) is 8.58. The maximum atomic E-state index is 12.6. The molecule has 0 saturated carbocycles. The van der Waals surface area contributed by atoms with Crippen molar-refractivity contribution in [3.8, 4) is 0 Å². The van der Waals surface area contributed by atoms with Crippen molar-refractivity contribution in [1.82, 2.24) is 0 Å². The van der Waals surface area contributed by atoms with Gasteiger partial charge in [-0.25, -0.2) is 9.18 Å². The second-order valence-corrected chi connectivity index (χ2v) is 4.88. The van der Waals surface area contributed by atoms with E-state index in [0.29, 0.717) is 12.3 Å². The molecule has 98 valence electrons. The monoisotopic (exact) mass is 269 g/mol. The molecule has 18 heavy (non-hydrogen) atoms. The number of allylic oxidation sites excluding steroid dienone is 1. The molecule has 0 aliphatic rings. The minimum atomic E-state index is -0.415. The Bertz CT molecular complexity index is 414. The van der Waals surface area contributed by atoms with Gasteiger partial charge < -0.3 is 10.5 Å². The summed E-state index contributed by atoms with van der Waals surface area (Å²) in [5.41, 5.74) is 5.77. The fourth-order valence-corrected chi connectivity index (χ4v) is 2.01. The molecule has 0 radical (unpaired) electrons. The predicted molar refractivity (Wildman–Crippen MR) is 70.6 cm³/mol. The smallest absolute Gasteiger partial charge is 0.332 e. The highest BCUT2D eigenvalue weighted by molar-refractivity contribution is 7.99. The normalized spacial score (nSPS) is 11.3. The van der Waals surface area contributed by atoms with E-state index in [4.69, 9.17) is 10.5 Å². The number of carbonyl (C=O) groups excluding carboxylic acids is 1. The number of esters is 1. The minimum absolute atomic E-state index is 0.239. The summed E-state index contributed by atoms with van der Waals surface area (Å²) in [5, 5.41) is 0. The van der Waals surface area contributed by atoms with Crippen molar-refractivity contribution in [2.24, 2.45) is 5.73 Å². The molecule has 0 aliphatic carbocycles. The average molecular weight is 269 g/mol. The first kappa shape index (κ1) is 14.6. The van der Waals surface area contributed by atoms with Crippen molar-refractivity contribution in [2.75, 3.05) is 12.4 Å². The zero-order chi connectivity index (χ0) is 13.4. The van der Waals surface area contributed by atoms with E-state index in [9.17, 15) is 9.18 Å². The van der Waals surface area contributed by atoms with Gasteiger partial charge in [0.15, 0.2) is 0 Å². The summed E-state index contributed by atoms with van der Waals surface area (Å²) < 4.78 is 17.6. The lowest BCUT2D eigenvalue weighted by Gasteiger charge is -2.03. The topological polar surface area (TPSA) is 52.3 Å². The van der Waals surface area contributed by atoms with E-state index < -0.39 is 5.97 Å². The lowest BCUT2D eigenvalue weighted by molar-refractivity contribution is -0.137. The van der Waals surface area contributed by atoms with Crippen LogP contribution in [-0.4, -0.2) is 18.3 Å². The molecular weight excluding hydrogens is 253 g/mol. The van der Waals surface area contributed by atoms with Crippen LogP contribution >= 0.6 is 11.8 Å². The van der Waals surface area contributed by atoms with Crippen molar-refractivity contribution in [3.63, 3.8) is 0 Å². The molecule has 1 aromatic rings. The van der Waals surface area contributed by atoms with Crippen LogP contribution in [0.15, 0.2) is 40.9 Å². The zero-order valence-electron chi connectivity index (χ0n) is 10.2. The fourth-order valence-electron chi connectivity index (χ4n) is 1.18. The Labute approximate surface area is 110 Å². The zero-order valence-corrected chi connectivity index (χ0v) is 11.0. The quantitative estimate of drug-likeness (QED) is 0.373. The van der Waals surface area contributed by atoms with Crippen LogP contribution in [0.4, 0.5) is 4.39 Å². The third-order valence-electron chi connectivity index (χ3n) is 1.96. The van der Waals surface area contributed by atoms with Gasteiger partial charge in [-0.05, 0) is 37.6 Å². The third-order valence-corrected chi connectivity index (χ3v) is 3.06. The molecule has 0 amide bonds. The number of nitrogens with two attached hydrogens (primary N) is 1. The molecule has 3 nitrogen and oxygen atoms in total.